The summed E-state index contributed by atoms with van der Waals surface area (Å²) in [6.45, 7) is 8.04. The van der Waals surface area contributed by atoms with Crippen molar-refractivity contribution >= 4 is 22.6 Å². The highest BCUT2D eigenvalue weighted by atomic mass is 16.5. The van der Waals surface area contributed by atoms with Gasteiger partial charge in [0.05, 0.1) is 23.4 Å². The number of aromatic amines is 1. The van der Waals surface area contributed by atoms with E-state index in [1.54, 1.807) is 13.3 Å². The van der Waals surface area contributed by atoms with Crippen LogP contribution in [-0.2, 0) is 9.53 Å². The van der Waals surface area contributed by atoms with Crippen molar-refractivity contribution < 1.29 is 9.53 Å². The number of fused-ring (bicyclic) bond motifs is 1. The molecule has 1 aromatic heterocycles. The van der Waals surface area contributed by atoms with Crippen molar-refractivity contribution in [3.63, 3.8) is 0 Å². The summed E-state index contributed by atoms with van der Waals surface area (Å²) in [5, 5.41) is 0. The number of ether oxygens (including phenoxy) is 1. The quantitative estimate of drug-likeness (QED) is 0.921. The van der Waals surface area contributed by atoms with Crippen molar-refractivity contribution in [1.29, 1.82) is 0 Å². The molecule has 1 aromatic carbocycles. The third kappa shape index (κ3) is 2.52. The molecule has 2 aromatic rings. The Bertz CT molecular complexity index is 776. The molecule has 1 N–H and O–H groups in total. The summed E-state index contributed by atoms with van der Waals surface area (Å²) in [5.41, 5.74) is 3.03. The van der Waals surface area contributed by atoms with Crippen molar-refractivity contribution in [2.24, 2.45) is 5.92 Å². The minimum atomic E-state index is 0.168. The number of benzene rings is 1. The number of anilines is 1. The molecule has 0 bridgehead atoms. The van der Waals surface area contributed by atoms with Gasteiger partial charge in [-0.25, -0.2) is 4.98 Å². The second kappa shape index (κ2) is 5.85. The van der Waals surface area contributed by atoms with Gasteiger partial charge in [0, 0.05) is 25.7 Å². The summed E-state index contributed by atoms with van der Waals surface area (Å²) < 4.78 is 5.78. The van der Waals surface area contributed by atoms with E-state index in [1.165, 1.54) is 0 Å². The minimum Gasteiger partial charge on any atom is -0.477 e. The van der Waals surface area contributed by atoms with E-state index in [1.807, 2.05) is 11.0 Å². The first-order valence-electron chi connectivity index (χ1n) is 8.43. The van der Waals surface area contributed by atoms with Crippen LogP contribution in [0.2, 0.25) is 0 Å². The Morgan fingerprint density at radius 1 is 1.38 bits per heavy atom. The highest BCUT2D eigenvalue weighted by molar-refractivity contribution is 5.79. The summed E-state index contributed by atoms with van der Waals surface area (Å²) in [6, 6.07) is 6.46. The molecule has 126 valence electrons. The fraction of sp³-hybridized carbons (Fsp3) is 0.444. The van der Waals surface area contributed by atoms with Crippen molar-refractivity contribution in [3.8, 4) is 0 Å². The summed E-state index contributed by atoms with van der Waals surface area (Å²) in [6.07, 6.45) is 3.71. The number of nitrogens with zero attached hydrogens (tertiary/aromatic N) is 3. The van der Waals surface area contributed by atoms with Gasteiger partial charge in [0.15, 0.2) is 5.88 Å². The second-order valence-corrected chi connectivity index (χ2v) is 6.59. The first-order valence-corrected chi connectivity index (χ1v) is 8.43. The molecule has 0 spiro atoms. The second-order valence-electron chi connectivity index (χ2n) is 6.59. The first kappa shape index (κ1) is 15.1. The molecule has 1 atom stereocenters. The lowest BCUT2D eigenvalue weighted by atomic mass is 9.89. The average molecular weight is 326 g/mol. The molecule has 4 rings (SSSR count). The Morgan fingerprint density at radius 3 is 2.92 bits per heavy atom. The molecule has 6 nitrogen and oxygen atoms in total. The minimum absolute atomic E-state index is 0.168. The number of hydrogen-bond donors (Lipinski definition) is 1. The molecule has 0 unspecified atom stereocenters. The number of nitrogens with one attached hydrogen (secondary N) is 1. The van der Waals surface area contributed by atoms with Crippen LogP contribution in [0, 0.1) is 5.92 Å². The first-order chi connectivity index (χ1) is 11.6. The SMILES string of the molecule is C=C1OC[C@H](C2CCN(C(C)=O)CC2)N1c1ccc2[nH]cnc2c1. The number of amides is 1. The summed E-state index contributed by atoms with van der Waals surface area (Å²) in [7, 11) is 0. The van der Waals surface area contributed by atoms with E-state index in [2.05, 4.69) is 33.6 Å². The topological polar surface area (TPSA) is 61.5 Å². The number of carbonyl (C=O) groups is 1. The molecular formula is C18H22N4O2. The number of aromatic nitrogens is 2. The van der Waals surface area contributed by atoms with E-state index in [0.717, 1.165) is 42.7 Å². The zero-order chi connectivity index (χ0) is 16.7. The molecule has 24 heavy (non-hydrogen) atoms. The van der Waals surface area contributed by atoms with Crippen molar-refractivity contribution in [3.05, 3.63) is 37.0 Å². The van der Waals surface area contributed by atoms with E-state index >= 15 is 0 Å². The van der Waals surface area contributed by atoms with Crippen molar-refractivity contribution in [2.75, 3.05) is 24.6 Å². The Morgan fingerprint density at radius 2 is 2.17 bits per heavy atom. The smallest absolute Gasteiger partial charge is 0.219 e. The third-order valence-electron chi connectivity index (χ3n) is 5.23. The number of carbonyl (C=O) groups excluding carboxylic acids is 1. The Labute approximate surface area is 141 Å². The van der Waals surface area contributed by atoms with E-state index in [-0.39, 0.29) is 11.9 Å². The molecule has 1 amide bonds. The van der Waals surface area contributed by atoms with Crippen LogP contribution in [0.3, 0.4) is 0 Å². The molecule has 2 fully saturated rings. The highest BCUT2D eigenvalue weighted by Gasteiger charge is 2.37. The largest absolute Gasteiger partial charge is 0.477 e. The molecule has 6 heteroatoms. The average Bonchev–Trinajstić information content (AvgIpc) is 3.20. The van der Waals surface area contributed by atoms with Crippen LogP contribution in [0.5, 0.6) is 0 Å². The fourth-order valence-electron chi connectivity index (χ4n) is 3.86. The summed E-state index contributed by atoms with van der Waals surface area (Å²) in [5.74, 6) is 1.36. The van der Waals surface area contributed by atoms with Crippen molar-refractivity contribution in [1.82, 2.24) is 14.9 Å². The fourth-order valence-corrected chi connectivity index (χ4v) is 3.86. The van der Waals surface area contributed by atoms with Crippen LogP contribution in [0.15, 0.2) is 37.0 Å². The monoisotopic (exact) mass is 326 g/mol. The van der Waals surface area contributed by atoms with Gasteiger partial charge in [-0.1, -0.05) is 0 Å². The van der Waals surface area contributed by atoms with E-state index in [0.29, 0.717) is 18.4 Å². The van der Waals surface area contributed by atoms with Crippen LogP contribution >= 0.6 is 0 Å². The number of H-pyrrole nitrogens is 1. The third-order valence-corrected chi connectivity index (χ3v) is 5.23. The van der Waals surface area contributed by atoms with E-state index < -0.39 is 0 Å². The maximum Gasteiger partial charge on any atom is 0.219 e. The zero-order valence-electron chi connectivity index (χ0n) is 13.9. The van der Waals surface area contributed by atoms with Gasteiger partial charge in [0.1, 0.15) is 6.61 Å². The molecule has 2 saturated heterocycles. The van der Waals surface area contributed by atoms with Gasteiger partial charge >= 0.3 is 0 Å². The number of rotatable bonds is 2. The lowest BCUT2D eigenvalue weighted by Gasteiger charge is -2.37. The Hall–Kier alpha value is -2.50. The number of piperidine rings is 1. The molecule has 2 aliphatic rings. The maximum absolute atomic E-state index is 11.5. The van der Waals surface area contributed by atoms with Crippen LogP contribution in [0.1, 0.15) is 19.8 Å². The normalized spacial score (nSPS) is 22.2. The highest BCUT2D eigenvalue weighted by Crippen LogP contribution is 2.36. The van der Waals surface area contributed by atoms with Gasteiger partial charge in [-0.05, 0) is 43.5 Å². The maximum atomic E-state index is 11.5. The van der Waals surface area contributed by atoms with Crippen LogP contribution in [0.25, 0.3) is 11.0 Å². The van der Waals surface area contributed by atoms with Crippen molar-refractivity contribution in [2.45, 2.75) is 25.8 Å². The van der Waals surface area contributed by atoms with Crippen LogP contribution in [0.4, 0.5) is 5.69 Å². The lowest BCUT2D eigenvalue weighted by molar-refractivity contribution is -0.130. The van der Waals surface area contributed by atoms with Gasteiger partial charge in [-0.2, -0.15) is 0 Å². The number of hydrogen-bond acceptors (Lipinski definition) is 4. The predicted molar refractivity (Wildman–Crippen MR) is 92.4 cm³/mol. The van der Waals surface area contributed by atoms with Gasteiger partial charge in [0.2, 0.25) is 5.91 Å². The molecular weight excluding hydrogens is 304 g/mol. The van der Waals surface area contributed by atoms with Gasteiger partial charge in [-0.3, -0.25) is 4.79 Å². The van der Waals surface area contributed by atoms with Crippen LogP contribution < -0.4 is 4.90 Å². The van der Waals surface area contributed by atoms with Gasteiger partial charge in [-0.15, -0.1) is 0 Å². The molecule has 0 radical (unpaired) electrons. The number of likely N-dealkylation sites (tertiary alicyclic amines) is 1. The molecule has 2 aliphatic heterocycles. The van der Waals surface area contributed by atoms with E-state index in [4.69, 9.17) is 4.74 Å². The summed E-state index contributed by atoms with van der Waals surface area (Å²) in [4.78, 5) is 23.1. The molecule has 0 aliphatic carbocycles. The Balaban J connectivity index is 1.57. The lowest BCUT2D eigenvalue weighted by Crippen LogP contribution is -2.44. The van der Waals surface area contributed by atoms with Crippen LogP contribution in [-0.4, -0.2) is 46.5 Å². The van der Waals surface area contributed by atoms with Gasteiger partial charge < -0.3 is 19.5 Å². The summed E-state index contributed by atoms with van der Waals surface area (Å²) >= 11 is 0. The Kier molecular flexibility index (Phi) is 3.67. The predicted octanol–water partition coefficient (Wildman–Crippen LogP) is 2.50. The molecule has 0 saturated carbocycles. The molecule has 3 heterocycles. The van der Waals surface area contributed by atoms with Gasteiger partial charge in [0.25, 0.3) is 0 Å². The number of imidazole rings is 1. The zero-order valence-corrected chi connectivity index (χ0v) is 13.9. The standard InChI is InChI=1S/C18H22N4O2/c1-12(23)21-7-5-14(6-8-21)18-10-24-13(2)22(18)15-3-4-16-17(9-15)20-11-19-16/h3-4,9,11,14,18H,2,5-8,10H2,1H3,(H,19,20)/t18-/m1/s1. The van der Waals surface area contributed by atoms with E-state index in [9.17, 15) is 4.79 Å².